The minimum Gasteiger partial charge on any atom is -0.490 e. The van der Waals surface area contributed by atoms with Gasteiger partial charge in [-0.15, -0.1) is 0 Å². The maximum absolute atomic E-state index is 5.73. The average Bonchev–Trinajstić information content (AvgIpc) is 2.79. The van der Waals surface area contributed by atoms with Crippen LogP contribution in [0.15, 0.2) is 12.4 Å². The van der Waals surface area contributed by atoms with E-state index >= 15 is 0 Å². The molecule has 4 nitrogen and oxygen atoms in total. The molecule has 96 valence electrons. The van der Waals surface area contributed by atoms with Crippen molar-refractivity contribution in [2.45, 2.75) is 39.2 Å². The lowest BCUT2D eigenvalue weighted by atomic mass is 9.97. The Morgan fingerprint density at radius 2 is 2.47 bits per heavy atom. The fraction of sp³-hybridized carbons (Fsp3) is 0.769. The Balaban J connectivity index is 1.70. The van der Waals surface area contributed by atoms with Crippen LogP contribution in [0.25, 0.3) is 0 Å². The van der Waals surface area contributed by atoms with Gasteiger partial charge in [-0.2, -0.15) is 5.10 Å². The summed E-state index contributed by atoms with van der Waals surface area (Å²) < 4.78 is 7.66. The fourth-order valence-corrected chi connectivity index (χ4v) is 2.19. The van der Waals surface area contributed by atoms with Crippen molar-refractivity contribution in [3.05, 3.63) is 12.4 Å². The van der Waals surface area contributed by atoms with E-state index < -0.39 is 0 Å². The summed E-state index contributed by atoms with van der Waals surface area (Å²) in [6.07, 6.45) is 7.56. The predicted molar refractivity (Wildman–Crippen MR) is 68.3 cm³/mol. The van der Waals surface area contributed by atoms with Gasteiger partial charge in [0.05, 0.1) is 19.0 Å². The molecule has 2 heterocycles. The molecule has 0 bridgehead atoms. The molecule has 0 aliphatic carbocycles. The molecule has 0 amide bonds. The Morgan fingerprint density at radius 1 is 1.59 bits per heavy atom. The molecule has 1 fully saturated rings. The maximum atomic E-state index is 5.73. The first kappa shape index (κ1) is 12.4. The number of aromatic nitrogens is 2. The molecule has 4 heteroatoms. The molecule has 0 aromatic carbocycles. The van der Waals surface area contributed by atoms with Crippen molar-refractivity contribution in [3.63, 3.8) is 0 Å². The van der Waals surface area contributed by atoms with E-state index in [-0.39, 0.29) is 0 Å². The Kier molecular flexibility index (Phi) is 4.42. The zero-order valence-corrected chi connectivity index (χ0v) is 10.9. The second-order valence-corrected chi connectivity index (χ2v) is 5.10. The smallest absolute Gasteiger partial charge is 0.157 e. The van der Waals surface area contributed by atoms with Crippen molar-refractivity contribution in [1.82, 2.24) is 15.1 Å². The number of nitrogens with zero attached hydrogens (tertiary/aromatic N) is 2. The van der Waals surface area contributed by atoms with Crippen molar-refractivity contribution in [1.29, 1.82) is 0 Å². The van der Waals surface area contributed by atoms with Gasteiger partial charge >= 0.3 is 0 Å². The van der Waals surface area contributed by atoms with Gasteiger partial charge in [0.15, 0.2) is 5.75 Å². The topological polar surface area (TPSA) is 39.1 Å². The second-order valence-electron chi connectivity index (χ2n) is 5.10. The standard InChI is InChI=1S/C13H23N3O/c1-11(2)16-10-13(9-15-16)17-7-5-12-4-3-6-14-8-12/h9-12,14H,3-8H2,1-2H3. The third-order valence-electron chi connectivity index (χ3n) is 3.30. The summed E-state index contributed by atoms with van der Waals surface area (Å²) in [5.41, 5.74) is 0. The zero-order valence-electron chi connectivity index (χ0n) is 10.9. The van der Waals surface area contributed by atoms with E-state index in [0.29, 0.717) is 6.04 Å². The summed E-state index contributed by atoms with van der Waals surface area (Å²) in [4.78, 5) is 0. The van der Waals surface area contributed by atoms with E-state index in [2.05, 4.69) is 24.3 Å². The number of hydrogen-bond donors (Lipinski definition) is 1. The van der Waals surface area contributed by atoms with Gasteiger partial charge < -0.3 is 10.1 Å². The Labute approximate surface area is 103 Å². The van der Waals surface area contributed by atoms with Crippen molar-refractivity contribution in [2.24, 2.45) is 5.92 Å². The minimum absolute atomic E-state index is 0.398. The van der Waals surface area contributed by atoms with Crippen LogP contribution in [0.2, 0.25) is 0 Å². The largest absolute Gasteiger partial charge is 0.490 e. The highest BCUT2D eigenvalue weighted by atomic mass is 16.5. The zero-order chi connectivity index (χ0) is 12.1. The number of piperidine rings is 1. The van der Waals surface area contributed by atoms with Crippen LogP contribution in [0.5, 0.6) is 5.75 Å². The molecule has 1 aromatic rings. The van der Waals surface area contributed by atoms with Crippen molar-refractivity contribution >= 4 is 0 Å². The van der Waals surface area contributed by atoms with E-state index in [4.69, 9.17) is 4.74 Å². The van der Waals surface area contributed by atoms with Gasteiger partial charge in [0, 0.05) is 6.04 Å². The lowest BCUT2D eigenvalue weighted by Crippen LogP contribution is -2.30. The van der Waals surface area contributed by atoms with E-state index in [1.807, 2.05) is 10.9 Å². The van der Waals surface area contributed by atoms with Crippen LogP contribution in [0.4, 0.5) is 0 Å². The molecule has 1 aromatic heterocycles. The van der Waals surface area contributed by atoms with Gasteiger partial charge in [0.1, 0.15) is 0 Å². The number of rotatable bonds is 5. The Bertz CT molecular complexity index is 329. The Hall–Kier alpha value is -1.03. The number of hydrogen-bond acceptors (Lipinski definition) is 3. The summed E-state index contributed by atoms with van der Waals surface area (Å²) in [6.45, 7) is 7.36. The predicted octanol–water partition coefficient (Wildman–Crippen LogP) is 2.23. The van der Waals surface area contributed by atoms with Crippen LogP contribution >= 0.6 is 0 Å². The lowest BCUT2D eigenvalue weighted by Gasteiger charge is -2.22. The molecular formula is C13H23N3O. The van der Waals surface area contributed by atoms with Gasteiger partial charge in [-0.05, 0) is 52.1 Å². The van der Waals surface area contributed by atoms with Crippen LogP contribution in [0.1, 0.15) is 39.2 Å². The molecule has 0 saturated carbocycles. The quantitative estimate of drug-likeness (QED) is 0.853. The first-order chi connectivity index (χ1) is 8.25. The molecule has 2 rings (SSSR count). The molecule has 1 aliphatic heterocycles. The highest BCUT2D eigenvalue weighted by molar-refractivity contribution is 5.11. The van der Waals surface area contributed by atoms with E-state index in [0.717, 1.165) is 31.2 Å². The monoisotopic (exact) mass is 237 g/mol. The molecule has 1 unspecified atom stereocenters. The van der Waals surface area contributed by atoms with Crippen molar-refractivity contribution < 1.29 is 4.74 Å². The van der Waals surface area contributed by atoms with E-state index in [1.54, 1.807) is 6.20 Å². The maximum Gasteiger partial charge on any atom is 0.157 e. The van der Waals surface area contributed by atoms with Crippen LogP contribution < -0.4 is 10.1 Å². The first-order valence-electron chi connectivity index (χ1n) is 6.63. The summed E-state index contributed by atoms with van der Waals surface area (Å²) in [5, 5.41) is 7.69. The minimum atomic E-state index is 0.398. The van der Waals surface area contributed by atoms with E-state index in [9.17, 15) is 0 Å². The van der Waals surface area contributed by atoms with Gasteiger partial charge in [-0.1, -0.05) is 0 Å². The molecular weight excluding hydrogens is 214 g/mol. The van der Waals surface area contributed by atoms with Gasteiger partial charge in [0.25, 0.3) is 0 Å². The summed E-state index contributed by atoms with van der Waals surface area (Å²) in [6, 6.07) is 0.398. The van der Waals surface area contributed by atoms with Crippen LogP contribution in [-0.4, -0.2) is 29.5 Å². The van der Waals surface area contributed by atoms with Crippen LogP contribution in [0, 0.1) is 5.92 Å². The third kappa shape index (κ3) is 3.73. The summed E-state index contributed by atoms with van der Waals surface area (Å²) in [7, 11) is 0. The van der Waals surface area contributed by atoms with Crippen molar-refractivity contribution in [3.8, 4) is 5.75 Å². The molecule has 17 heavy (non-hydrogen) atoms. The van der Waals surface area contributed by atoms with Gasteiger partial charge in [0.2, 0.25) is 0 Å². The molecule has 0 radical (unpaired) electrons. The first-order valence-corrected chi connectivity index (χ1v) is 6.63. The SMILES string of the molecule is CC(C)n1cc(OCCC2CCCNC2)cn1. The highest BCUT2D eigenvalue weighted by Crippen LogP contribution is 2.16. The molecule has 1 saturated heterocycles. The molecule has 1 atom stereocenters. The molecule has 1 aliphatic rings. The highest BCUT2D eigenvalue weighted by Gasteiger charge is 2.12. The second kappa shape index (κ2) is 6.05. The van der Waals surface area contributed by atoms with E-state index in [1.165, 1.54) is 19.4 Å². The normalized spacial score (nSPS) is 20.8. The third-order valence-corrected chi connectivity index (χ3v) is 3.30. The number of ether oxygens (including phenoxy) is 1. The number of nitrogens with one attached hydrogen (secondary N) is 1. The average molecular weight is 237 g/mol. The van der Waals surface area contributed by atoms with Crippen LogP contribution in [0.3, 0.4) is 0 Å². The van der Waals surface area contributed by atoms with Crippen molar-refractivity contribution in [2.75, 3.05) is 19.7 Å². The summed E-state index contributed by atoms with van der Waals surface area (Å²) >= 11 is 0. The lowest BCUT2D eigenvalue weighted by molar-refractivity contribution is 0.254. The molecule has 1 N–H and O–H groups in total. The van der Waals surface area contributed by atoms with Gasteiger partial charge in [-0.3, -0.25) is 4.68 Å². The molecule has 0 spiro atoms. The Morgan fingerprint density at radius 3 is 3.12 bits per heavy atom. The van der Waals surface area contributed by atoms with Gasteiger partial charge in [-0.25, -0.2) is 0 Å². The summed E-state index contributed by atoms with van der Waals surface area (Å²) in [5.74, 6) is 1.67. The fourth-order valence-electron chi connectivity index (χ4n) is 2.19. The van der Waals surface area contributed by atoms with Crippen LogP contribution in [-0.2, 0) is 0 Å².